The summed E-state index contributed by atoms with van der Waals surface area (Å²) in [5, 5.41) is 16.8. The molecule has 2 aromatic rings. The summed E-state index contributed by atoms with van der Waals surface area (Å²) in [5.74, 6) is 1.25. The van der Waals surface area contributed by atoms with Gasteiger partial charge in [-0.3, -0.25) is 9.48 Å². The fourth-order valence-corrected chi connectivity index (χ4v) is 5.67. The number of hydrogen-bond donors (Lipinski definition) is 2. The molecule has 10 heteroatoms. The molecular weight excluding hydrogens is 426 g/mol. The van der Waals surface area contributed by atoms with E-state index in [2.05, 4.69) is 10.4 Å². The van der Waals surface area contributed by atoms with Crippen LogP contribution in [0.3, 0.4) is 0 Å². The van der Waals surface area contributed by atoms with Gasteiger partial charge in [-0.25, -0.2) is 8.42 Å². The summed E-state index contributed by atoms with van der Waals surface area (Å²) in [7, 11) is -1.53. The van der Waals surface area contributed by atoms with Crippen LogP contribution in [0.1, 0.15) is 29.4 Å². The predicted octanol–water partition coefficient (Wildman–Crippen LogP) is 1.76. The first-order valence-electron chi connectivity index (χ1n) is 9.72. The van der Waals surface area contributed by atoms with Gasteiger partial charge in [-0.1, -0.05) is 0 Å². The Balaban J connectivity index is 1.92. The van der Waals surface area contributed by atoms with E-state index in [4.69, 9.17) is 4.74 Å². The summed E-state index contributed by atoms with van der Waals surface area (Å²) in [5.41, 5.74) is 1.69. The minimum absolute atomic E-state index is 0.00584. The van der Waals surface area contributed by atoms with Gasteiger partial charge in [0.05, 0.1) is 43.0 Å². The Morgan fingerprint density at radius 1 is 1.40 bits per heavy atom. The summed E-state index contributed by atoms with van der Waals surface area (Å²) < 4.78 is 30.9. The smallest absolute Gasteiger partial charge is 0.272 e. The predicted molar refractivity (Wildman–Crippen MR) is 118 cm³/mol. The number of amides is 1. The maximum absolute atomic E-state index is 12.8. The van der Waals surface area contributed by atoms with Crippen LogP contribution in [0.4, 0.5) is 0 Å². The third-order valence-corrected chi connectivity index (χ3v) is 7.53. The lowest BCUT2D eigenvalue weighted by Crippen LogP contribution is -2.38. The molecule has 1 aromatic heterocycles. The average Bonchev–Trinajstić information content (AvgIpc) is 3.34. The van der Waals surface area contributed by atoms with E-state index in [0.29, 0.717) is 24.3 Å². The van der Waals surface area contributed by atoms with E-state index in [9.17, 15) is 18.3 Å². The summed E-state index contributed by atoms with van der Waals surface area (Å²) in [6.07, 6.45) is 3.08. The number of aromatic nitrogens is 2. The molecule has 1 saturated heterocycles. The zero-order valence-corrected chi connectivity index (χ0v) is 18.7. The number of carbonyl (C=O) groups is 1. The summed E-state index contributed by atoms with van der Waals surface area (Å²) in [4.78, 5) is 12.8. The van der Waals surface area contributed by atoms with Crippen molar-refractivity contribution in [2.45, 2.75) is 24.9 Å². The molecule has 0 radical (unpaired) electrons. The number of carbonyl (C=O) groups excluding carboxylic acids is 1. The van der Waals surface area contributed by atoms with Crippen LogP contribution in [0.15, 0.2) is 30.3 Å². The van der Waals surface area contributed by atoms with Crippen molar-refractivity contribution in [2.24, 2.45) is 0 Å². The van der Waals surface area contributed by atoms with Gasteiger partial charge < -0.3 is 15.2 Å². The minimum atomic E-state index is -3.11. The third-order valence-electron chi connectivity index (χ3n) is 5.13. The number of hydrogen-bond acceptors (Lipinski definition) is 7. The van der Waals surface area contributed by atoms with Gasteiger partial charge in [-0.05, 0) is 55.2 Å². The van der Waals surface area contributed by atoms with Crippen LogP contribution in [-0.4, -0.2) is 72.5 Å². The van der Waals surface area contributed by atoms with E-state index in [1.807, 2.05) is 30.5 Å². The first kappa shape index (κ1) is 22.6. The van der Waals surface area contributed by atoms with Crippen molar-refractivity contribution < 1.29 is 23.1 Å². The van der Waals surface area contributed by atoms with Crippen molar-refractivity contribution in [1.82, 2.24) is 15.1 Å². The van der Waals surface area contributed by atoms with Crippen LogP contribution in [-0.2, 0) is 9.84 Å². The molecule has 0 unspecified atom stereocenters. The van der Waals surface area contributed by atoms with Gasteiger partial charge in [0.1, 0.15) is 5.75 Å². The molecule has 1 aliphatic heterocycles. The molecule has 30 heavy (non-hydrogen) atoms. The maximum Gasteiger partial charge on any atom is 0.272 e. The molecule has 2 heterocycles. The quantitative estimate of drug-likeness (QED) is 0.595. The van der Waals surface area contributed by atoms with Crippen LogP contribution >= 0.6 is 11.8 Å². The van der Waals surface area contributed by atoms with Gasteiger partial charge in [0, 0.05) is 5.56 Å². The number of aliphatic hydroxyl groups is 1. The van der Waals surface area contributed by atoms with Crippen molar-refractivity contribution in [2.75, 3.05) is 37.2 Å². The number of aliphatic hydroxyl groups excluding tert-OH is 1. The molecule has 0 bridgehead atoms. The maximum atomic E-state index is 12.8. The highest BCUT2D eigenvalue weighted by atomic mass is 32.2. The van der Waals surface area contributed by atoms with Gasteiger partial charge in [0.15, 0.2) is 15.5 Å². The Morgan fingerprint density at radius 2 is 2.13 bits per heavy atom. The van der Waals surface area contributed by atoms with E-state index in [0.717, 1.165) is 11.3 Å². The van der Waals surface area contributed by atoms with Crippen LogP contribution in [0, 0.1) is 0 Å². The zero-order chi connectivity index (χ0) is 21.7. The number of methoxy groups -OCH3 is 1. The van der Waals surface area contributed by atoms with Gasteiger partial charge in [-0.2, -0.15) is 16.9 Å². The van der Waals surface area contributed by atoms with Crippen molar-refractivity contribution in [3.8, 4) is 17.0 Å². The number of rotatable bonds is 9. The number of sulfone groups is 1. The van der Waals surface area contributed by atoms with E-state index < -0.39 is 9.84 Å². The van der Waals surface area contributed by atoms with Gasteiger partial charge in [0.2, 0.25) is 0 Å². The summed E-state index contributed by atoms with van der Waals surface area (Å²) in [6.45, 7) is -0.154. The number of nitrogens with zero attached hydrogens (tertiary/aromatic N) is 2. The molecule has 164 valence electrons. The monoisotopic (exact) mass is 453 g/mol. The molecule has 8 nitrogen and oxygen atoms in total. The fraction of sp³-hybridized carbons (Fsp3) is 0.500. The molecule has 0 spiro atoms. The fourth-order valence-electron chi connectivity index (χ4n) is 3.46. The second-order valence-electron chi connectivity index (χ2n) is 7.28. The van der Waals surface area contributed by atoms with Crippen LogP contribution in [0.2, 0.25) is 0 Å². The lowest BCUT2D eigenvalue weighted by Gasteiger charge is -2.15. The lowest BCUT2D eigenvalue weighted by atomic mass is 10.1. The molecule has 1 fully saturated rings. The molecule has 1 aliphatic rings. The normalized spacial score (nSPS) is 18.8. The number of benzene rings is 1. The largest absolute Gasteiger partial charge is 0.497 e. The molecular formula is C20H27N3O5S2. The Kier molecular flexibility index (Phi) is 7.43. The third kappa shape index (κ3) is 5.35. The number of nitrogens with one attached hydrogen (secondary N) is 1. The SMILES string of the molecule is COc1ccc(-c2cc(C(=O)N[C@H](CO)CCSC)nn2[C@@H]2CCS(=O)(=O)C2)cc1. The molecule has 3 rings (SSSR count). The molecule has 2 N–H and O–H groups in total. The minimum Gasteiger partial charge on any atom is -0.497 e. The topological polar surface area (TPSA) is 111 Å². The van der Waals surface area contributed by atoms with Gasteiger partial charge >= 0.3 is 0 Å². The van der Waals surface area contributed by atoms with Gasteiger partial charge in [-0.15, -0.1) is 0 Å². The standard InChI is InChI=1S/C20H27N3O5S2/c1-28-17-5-3-14(4-6-17)19-11-18(20(25)21-15(12-24)7-9-29-2)22-23(19)16-8-10-30(26,27)13-16/h3-6,11,15-16,24H,7-10,12-13H2,1-2H3,(H,21,25)/t15-,16+/m0/s1. The number of ether oxygens (including phenoxy) is 1. The van der Waals surface area contributed by atoms with E-state index in [1.54, 1.807) is 29.6 Å². The first-order chi connectivity index (χ1) is 14.4. The highest BCUT2D eigenvalue weighted by Gasteiger charge is 2.32. The van der Waals surface area contributed by atoms with Crippen molar-refractivity contribution in [1.29, 1.82) is 0 Å². The zero-order valence-electron chi connectivity index (χ0n) is 17.1. The summed E-state index contributed by atoms with van der Waals surface area (Å²) in [6, 6.07) is 8.32. The highest BCUT2D eigenvalue weighted by molar-refractivity contribution is 7.98. The van der Waals surface area contributed by atoms with Crippen LogP contribution in [0.5, 0.6) is 5.75 Å². The number of thioether (sulfide) groups is 1. The second kappa shape index (κ2) is 9.84. The van der Waals surface area contributed by atoms with Crippen LogP contribution in [0.25, 0.3) is 11.3 Å². The molecule has 0 aliphatic carbocycles. The molecule has 0 saturated carbocycles. The van der Waals surface area contributed by atoms with Crippen molar-refractivity contribution in [3.05, 3.63) is 36.0 Å². The van der Waals surface area contributed by atoms with E-state index in [1.165, 1.54) is 0 Å². The Morgan fingerprint density at radius 3 is 2.70 bits per heavy atom. The first-order valence-corrected chi connectivity index (χ1v) is 12.9. The second-order valence-corrected chi connectivity index (χ2v) is 10.5. The van der Waals surface area contributed by atoms with E-state index in [-0.39, 0.29) is 41.8 Å². The van der Waals surface area contributed by atoms with Crippen molar-refractivity contribution >= 4 is 27.5 Å². The summed E-state index contributed by atoms with van der Waals surface area (Å²) >= 11 is 1.64. The Labute approximate surface area is 180 Å². The van der Waals surface area contributed by atoms with Gasteiger partial charge in [0.25, 0.3) is 5.91 Å². The Hall–Kier alpha value is -2.04. The molecule has 2 atom stereocenters. The van der Waals surface area contributed by atoms with Crippen LogP contribution < -0.4 is 10.1 Å². The lowest BCUT2D eigenvalue weighted by molar-refractivity contribution is 0.0909. The van der Waals surface area contributed by atoms with E-state index >= 15 is 0 Å². The van der Waals surface area contributed by atoms with Crippen molar-refractivity contribution in [3.63, 3.8) is 0 Å². The average molecular weight is 454 g/mol. The Bertz CT molecular complexity index is 973. The highest BCUT2D eigenvalue weighted by Crippen LogP contribution is 2.31. The molecule has 1 amide bonds. The molecule has 1 aromatic carbocycles.